The fourth-order valence-corrected chi connectivity index (χ4v) is 4.72. The molecular formula is C19H24INO3. The molecule has 0 spiro atoms. The number of piperidine rings is 1. The Morgan fingerprint density at radius 2 is 1.88 bits per heavy atom. The number of fused-ring (bicyclic) bond motifs is 2. The fourth-order valence-electron chi connectivity index (χ4n) is 4.36. The van der Waals surface area contributed by atoms with Gasteiger partial charge in [0, 0.05) is 27.5 Å². The van der Waals surface area contributed by atoms with E-state index in [1.54, 1.807) is 0 Å². The molecule has 2 saturated heterocycles. The summed E-state index contributed by atoms with van der Waals surface area (Å²) in [5, 5.41) is 0. The molecule has 2 bridgehead atoms. The van der Waals surface area contributed by atoms with Gasteiger partial charge < -0.3 is 9.64 Å². The van der Waals surface area contributed by atoms with Crippen molar-refractivity contribution in [2.45, 2.75) is 51.1 Å². The number of rotatable bonds is 3. The number of carbonyl (C=O) groups is 2. The molecule has 5 heteroatoms. The fraction of sp³-hybridized carbons (Fsp3) is 0.579. The van der Waals surface area contributed by atoms with Gasteiger partial charge in [-0.2, -0.15) is 0 Å². The number of nitrogens with zero attached hydrogens (tertiary/aromatic N) is 1. The third kappa shape index (κ3) is 3.07. The van der Waals surface area contributed by atoms with Crippen molar-refractivity contribution in [2.75, 3.05) is 7.11 Å². The number of carbonyl (C=O) groups excluding carboxylic acids is 2. The quantitative estimate of drug-likeness (QED) is 0.532. The maximum atomic E-state index is 12.7. The van der Waals surface area contributed by atoms with Crippen molar-refractivity contribution in [2.24, 2.45) is 11.8 Å². The summed E-state index contributed by atoms with van der Waals surface area (Å²) in [6.07, 6.45) is 2.72. The molecule has 2 fully saturated rings. The van der Waals surface area contributed by atoms with Gasteiger partial charge in [0.25, 0.3) is 0 Å². The van der Waals surface area contributed by atoms with E-state index in [-0.39, 0.29) is 41.7 Å². The lowest BCUT2D eigenvalue weighted by molar-refractivity contribution is -0.154. The Morgan fingerprint density at radius 3 is 2.46 bits per heavy atom. The van der Waals surface area contributed by atoms with E-state index in [0.29, 0.717) is 0 Å². The van der Waals surface area contributed by atoms with Crippen molar-refractivity contribution in [1.82, 2.24) is 4.90 Å². The maximum absolute atomic E-state index is 12.7. The highest BCUT2D eigenvalue weighted by atomic mass is 127. The molecule has 2 aliphatic heterocycles. The topological polar surface area (TPSA) is 46.6 Å². The van der Waals surface area contributed by atoms with Crippen molar-refractivity contribution < 1.29 is 14.3 Å². The van der Waals surface area contributed by atoms with Crippen molar-refractivity contribution in [3.63, 3.8) is 0 Å². The van der Waals surface area contributed by atoms with E-state index in [4.69, 9.17) is 4.74 Å². The highest BCUT2D eigenvalue weighted by molar-refractivity contribution is 14.1. The van der Waals surface area contributed by atoms with Crippen molar-refractivity contribution >= 4 is 34.5 Å². The molecule has 0 N–H and O–H groups in total. The first-order valence-electron chi connectivity index (χ1n) is 8.59. The van der Waals surface area contributed by atoms with Crippen LogP contribution in [0.3, 0.4) is 0 Å². The smallest absolute Gasteiger partial charge is 0.311 e. The van der Waals surface area contributed by atoms with Gasteiger partial charge in [-0.25, -0.2) is 0 Å². The minimum atomic E-state index is -0.267. The zero-order valence-electron chi connectivity index (χ0n) is 14.4. The van der Waals surface area contributed by atoms with Crippen LogP contribution in [0.2, 0.25) is 0 Å². The second-order valence-electron chi connectivity index (χ2n) is 7.14. The molecule has 4 nitrogen and oxygen atoms in total. The van der Waals surface area contributed by atoms with Crippen LogP contribution in [-0.2, 0) is 14.3 Å². The number of methoxy groups -OCH3 is 1. The SMILES string of the molecule is COC(=O)[C@H]1[C@@H](c2ccc(I)cc2)C[C@@H]2CC[C@H]1N2C(=O)C(C)C. The predicted octanol–water partition coefficient (Wildman–Crippen LogP) is 3.58. The number of hydrogen-bond acceptors (Lipinski definition) is 3. The first-order valence-corrected chi connectivity index (χ1v) is 9.67. The van der Waals surface area contributed by atoms with Crippen LogP contribution in [0.25, 0.3) is 0 Å². The first-order chi connectivity index (χ1) is 11.4. The van der Waals surface area contributed by atoms with Crippen LogP contribution >= 0.6 is 22.6 Å². The molecule has 2 aliphatic rings. The minimum absolute atomic E-state index is 0.0321. The van der Waals surface area contributed by atoms with E-state index in [0.717, 1.165) is 19.3 Å². The van der Waals surface area contributed by atoms with Crippen LogP contribution in [0.1, 0.15) is 44.6 Å². The molecule has 130 valence electrons. The molecule has 0 aliphatic carbocycles. The molecule has 0 unspecified atom stereocenters. The van der Waals surface area contributed by atoms with Gasteiger partial charge in [-0.05, 0) is 59.5 Å². The van der Waals surface area contributed by atoms with E-state index in [1.165, 1.54) is 16.2 Å². The van der Waals surface area contributed by atoms with Gasteiger partial charge in [-0.15, -0.1) is 0 Å². The molecule has 4 atom stereocenters. The Balaban J connectivity index is 1.96. The summed E-state index contributed by atoms with van der Waals surface area (Å²) in [5.74, 6) is -0.205. The summed E-state index contributed by atoms with van der Waals surface area (Å²) in [6.45, 7) is 3.86. The summed E-state index contributed by atoms with van der Waals surface area (Å²) in [6, 6.07) is 8.60. The molecule has 0 radical (unpaired) electrons. The van der Waals surface area contributed by atoms with Gasteiger partial charge in [-0.3, -0.25) is 9.59 Å². The number of amides is 1. The van der Waals surface area contributed by atoms with Gasteiger partial charge in [0.1, 0.15) is 0 Å². The molecule has 2 heterocycles. The molecule has 0 saturated carbocycles. The standard InChI is InChI=1S/C19H24INO3/c1-11(2)18(22)21-14-8-9-16(21)17(19(23)24-3)15(10-14)12-4-6-13(20)7-5-12/h4-7,11,14-17H,8-10H2,1-3H3/t14-,15+,16+,17-/m0/s1. The predicted molar refractivity (Wildman–Crippen MR) is 101 cm³/mol. The number of hydrogen-bond donors (Lipinski definition) is 0. The lowest BCUT2D eigenvalue weighted by Crippen LogP contribution is -2.54. The molecule has 0 aromatic heterocycles. The van der Waals surface area contributed by atoms with Crippen molar-refractivity contribution in [1.29, 1.82) is 0 Å². The molecule has 3 rings (SSSR count). The summed E-state index contributed by atoms with van der Waals surface area (Å²) >= 11 is 2.29. The van der Waals surface area contributed by atoms with E-state index in [2.05, 4.69) is 46.9 Å². The second-order valence-corrected chi connectivity index (χ2v) is 8.39. The average molecular weight is 441 g/mol. The molecule has 24 heavy (non-hydrogen) atoms. The Morgan fingerprint density at radius 1 is 1.21 bits per heavy atom. The normalized spacial score (nSPS) is 29.0. The third-order valence-corrected chi connectivity index (χ3v) is 6.16. The monoisotopic (exact) mass is 441 g/mol. The van der Waals surface area contributed by atoms with E-state index >= 15 is 0 Å². The van der Waals surface area contributed by atoms with Crippen LogP contribution in [0.4, 0.5) is 0 Å². The Labute approximate surface area is 157 Å². The lowest BCUT2D eigenvalue weighted by Gasteiger charge is -2.44. The van der Waals surface area contributed by atoms with Gasteiger partial charge in [0.05, 0.1) is 13.0 Å². The number of ether oxygens (including phenoxy) is 1. The molecule has 1 amide bonds. The molecule has 1 aromatic rings. The Hall–Kier alpha value is -1.11. The summed E-state index contributed by atoms with van der Waals surface area (Å²) < 4.78 is 6.31. The minimum Gasteiger partial charge on any atom is -0.469 e. The zero-order valence-corrected chi connectivity index (χ0v) is 16.5. The summed E-state index contributed by atoms with van der Waals surface area (Å²) in [5.41, 5.74) is 1.18. The molecule has 1 aromatic carbocycles. The van der Waals surface area contributed by atoms with Gasteiger partial charge >= 0.3 is 5.97 Å². The van der Waals surface area contributed by atoms with Crippen LogP contribution in [-0.4, -0.2) is 36.0 Å². The van der Waals surface area contributed by atoms with E-state index in [9.17, 15) is 9.59 Å². The maximum Gasteiger partial charge on any atom is 0.311 e. The number of halogens is 1. The highest BCUT2D eigenvalue weighted by Crippen LogP contribution is 2.47. The average Bonchev–Trinajstić information content (AvgIpc) is 2.87. The summed E-state index contributed by atoms with van der Waals surface area (Å²) in [7, 11) is 1.45. The van der Waals surface area contributed by atoms with Crippen molar-refractivity contribution in [3.8, 4) is 0 Å². The Kier molecular flexibility index (Phi) is 5.18. The first kappa shape index (κ1) is 17.7. The third-order valence-electron chi connectivity index (χ3n) is 5.44. The zero-order chi connectivity index (χ0) is 17.4. The second kappa shape index (κ2) is 7.02. The number of benzene rings is 1. The van der Waals surface area contributed by atoms with Gasteiger partial charge in [0.2, 0.25) is 5.91 Å². The summed E-state index contributed by atoms with van der Waals surface area (Å²) in [4.78, 5) is 27.3. The van der Waals surface area contributed by atoms with Crippen molar-refractivity contribution in [3.05, 3.63) is 33.4 Å². The molecular weight excluding hydrogens is 417 g/mol. The van der Waals surface area contributed by atoms with E-state index < -0.39 is 0 Å². The highest BCUT2D eigenvalue weighted by Gasteiger charge is 2.52. The lowest BCUT2D eigenvalue weighted by atomic mass is 9.75. The van der Waals surface area contributed by atoms with Crippen LogP contribution in [0, 0.1) is 15.4 Å². The van der Waals surface area contributed by atoms with E-state index in [1.807, 2.05) is 18.7 Å². The van der Waals surface area contributed by atoms with Gasteiger partial charge in [-0.1, -0.05) is 26.0 Å². The van der Waals surface area contributed by atoms with Crippen LogP contribution in [0.5, 0.6) is 0 Å². The largest absolute Gasteiger partial charge is 0.469 e. The number of esters is 1. The van der Waals surface area contributed by atoms with Crippen LogP contribution in [0.15, 0.2) is 24.3 Å². The van der Waals surface area contributed by atoms with Crippen LogP contribution < -0.4 is 0 Å². The Bertz CT molecular complexity index is 628. The van der Waals surface area contributed by atoms with Gasteiger partial charge in [0.15, 0.2) is 0 Å².